The standard InChI is InChI=1S/C22H25N5O2S.ClH/c1-11(22(29)25-10-13-7-8-18(23)26-12(13)2)19-20-15(9-16(27-19)21(24)28)14-5-3-4-6-17(14)30-20;/h3-8,11,16,19,27H,9-10H2,1-2H3,(H2,23,26)(H2,24,28)(H,25,29);1H/t11-,16?,19?;/m0./s1. The highest BCUT2D eigenvalue weighted by Gasteiger charge is 2.37. The third-order valence-corrected chi connectivity index (χ3v) is 7.02. The van der Waals surface area contributed by atoms with Crippen LogP contribution in [-0.4, -0.2) is 22.8 Å². The highest BCUT2D eigenvalue weighted by molar-refractivity contribution is 7.19. The number of rotatable bonds is 5. The number of carbonyl (C=O) groups excluding carboxylic acids is 2. The van der Waals surface area contributed by atoms with Gasteiger partial charge in [-0.05, 0) is 42.0 Å². The van der Waals surface area contributed by atoms with Gasteiger partial charge in [0.15, 0.2) is 0 Å². The molecule has 0 saturated carbocycles. The van der Waals surface area contributed by atoms with Gasteiger partial charge in [0.1, 0.15) is 5.82 Å². The first kappa shape index (κ1) is 23.0. The molecule has 164 valence electrons. The average molecular weight is 460 g/mol. The van der Waals surface area contributed by atoms with Crippen LogP contribution in [0.25, 0.3) is 10.1 Å². The molecule has 3 heterocycles. The summed E-state index contributed by atoms with van der Waals surface area (Å²) in [4.78, 5) is 30.3. The Morgan fingerprint density at radius 3 is 2.74 bits per heavy atom. The number of thiophene rings is 1. The lowest BCUT2D eigenvalue weighted by molar-refractivity contribution is -0.127. The molecule has 1 aromatic carbocycles. The van der Waals surface area contributed by atoms with Crippen LogP contribution in [0.1, 0.15) is 34.7 Å². The summed E-state index contributed by atoms with van der Waals surface area (Å²) in [6.07, 6.45) is 0.538. The molecule has 0 spiro atoms. The fourth-order valence-electron chi connectivity index (χ4n) is 3.98. The van der Waals surface area contributed by atoms with E-state index >= 15 is 0 Å². The van der Waals surface area contributed by atoms with Crippen molar-refractivity contribution in [2.24, 2.45) is 11.7 Å². The van der Waals surface area contributed by atoms with Crippen LogP contribution in [-0.2, 0) is 22.6 Å². The van der Waals surface area contributed by atoms with Crippen molar-refractivity contribution >= 4 is 51.5 Å². The number of hydrogen-bond acceptors (Lipinski definition) is 6. The second kappa shape index (κ2) is 9.21. The molecule has 4 rings (SSSR count). The van der Waals surface area contributed by atoms with E-state index in [4.69, 9.17) is 11.5 Å². The van der Waals surface area contributed by atoms with Crippen molar-refractivity contribution in [3.8, 4) is 0 Å². The normalized spacial score (nSPS) is 18.6. The van der Waals surface area contributed by atoms with E-state index in [9.17, 15) is 9.59 Å². The maximum absolute atomic E-state index is 13.0. The highest BCUT2D eigenvalue weighted by atomic mass is 35.5. The van der Waals surface area contributed by atoms with Crippen molar-refractivity contribution in [1.82, 2.24) is 15.6 Å². The summed E-state index contributed by atoms with van der Waals surface area (Å²) < 4.78 is 1.15. The minimum atomic E-state index is -0.501. The highest BCUT2D eigenvalue weighted by Crippen LogP contribution is 2.41. The van der Waals surface area contributed by atoms with Crippen LogP contribution >= 0.6 is 23.7 Å². The Hall–Kier alpha value is -2.68. The maximum Gasteiger partial charge on any atom is 0.234 e. The molecule has 2 unspecified atom stereocenters. The van der Waals surface area contributed by atoms with Crippen LogP contribution in [0.15, 0.2) is 36.4 Å². The van der Waals surface area contributed by atoms with Crippen LogP contribution in [0, 0.1) is 12.8 Å². The molecule has 2 amide bonds. The Bertz CT molecular complexity index is 1130. The predicted octanol–water partition coefficient (Wildman–Crippen LogP) is 2.60. The number of pyridine rings is 1. The second-order valence-electron chi connectivity index (χ2n) is 7.73. The quantitative estimate of drug-likeness (QED) is 0.467. The molecule has 9 heteroatoms. The van der Waals surface area contributed by atoms with E-state index in [1.807, 2.05) is 32.0 Å². The third kappa shape index (κ3) is 4.51. The molecule has 0 radical (unpaired) electrons. The number of nitrogen functional groups attached to an aromatic ring is 1. The summed E-state index contributed by atoms with van der Waals surface area (Å²) in [7, 11) is 0. The van der Waals surface area contributed by atoms with Gasteiger partial charge in [-0.25, -0.2) is 4.98 Å². The van der Waals surface area contributed by atoms with Crippen molar-refractivity contribution in [3.63, 3.8) is 0 Å². The van der Waals surface area contributed by atoms with E-state index < -0.39 is 11.9 Å². The molecule has 2 aromatic heterocycles. The van der Waals surface area contributed by atoms with E-state index in [2.05, 4.69) is 27.8 Å². The van der Waals surface area contributed by atoms with E-state index in [-0.39, 0.29) is 30.3 Å². The van der Waals surface area contributed by atoms with Crippen molar-refractivity contribution in [2.45, 2.75) is 38.9 Å². The zero-order valence-electron chi connectivity index (χ0n) is 17.3. The minimum absolute atomic E-state index is 0. The Morgan fingerprint density at radius 2 is 2.03 bits per heavy atom. The molecular weight excluding hydrogens is 434 g/mol. The van der Waals surface area contributed by atoms with Crippen molar-refractivity contribution in [3.05, 3.63) is 58.1 Å². The van der Waals surface area contributed by atoms with E-state index in [1.54, 1.807) is 17.4 Å². The number of nitrogens with two attached hydrogens (primary N) is 2. The fourth-order valence-corrected chi connectivity index (χ4v) is 5.38. The van der Waals surface area contributed by atoms with Crippen molar-refractivity contribution in [1.29, 1.82) is 0 Å². The predicted molar refractivity (Wildman–Crippen MR) is 126 cm³/mol. The first-order valence-electron chi connectivity index (χ1n) is 9.90. The van der Waals surface area contributed by atoms with E-state index in [0.29, 0.717) is 18.8 Å². The SMILES string of the molecule is Cc1nc(N)ccc1CNC(=O)[C@@H](C)C1NC(C(N)=O)Cc2c1sc1ccccc21.Cl. The number of benzene rings is 1. The topological polar surface area (TPSA) is 123 Å². The number of hydrogen-bond donors (Lipinski definition) is 4. The Labute approximate surface area is 191 Å². The van der Waals surface area contributed by atoms with Crippen molar-refractivity contribution in [2.75, 3.05) is 5.73 Å². The first-order chi connectivity index (χ1) is 14.3. The monoisotopic (exact) mass is 459 g/mol. The van der Waals surface area contributed by atoms with Gasteiger partial charge < -0.3 is 16.8 Å². The number of primary amides is 1. The van der Waals surface area contributed by atoms with Gasteiger partial charge in [-0.1, -0.05) is 31.2 Å². The first-order valence-corrected chi connectivity index (χ1v) is 10.7. The van der Waals surface area contributed by atoms with Crippen LogP contribution in [0.5, 0.6) is 0 Å². The number of nitrogens with zero attached hydrogens (tertiary/aromatic N) is 1. The average Bonchev–Trinajstić information content (AvgIpc) is 3.10. The summed E-state index contributed by atoms with van der Waals surface area (Å²) in [6.45, 7) is 4.11. The van der Waals surface area contributed by atoms with Gasteiger partial charge in [0.05, 0.1) is 18.0 Å². The smallest absolute Gasteiger partial charge is 0.234 e. The molecule has 7 nitrogen and oxygen atoms in total. The minimum Gasteiger partial charge on any atom is -0.384 e. The van der Waals surface area contributed by atoms with E-state index in [0.717, 1.165) is 31.8 Å². The van der Waals surface area contributed by atoms with Crippen LogP contribution in [0.4, 0.5) is 5.82 Å². The van der Waals surface area contributed by atoms with E-state index in [1.165, 1.54) is 0 Å². The molecule has 1 aliphatic heterocycles. The lowest BCUT2D eigenvalue weighted by Crippen LogP contribution is -2.50. The largest absolute Gasteiger partial charge is 0.384 e. The van der Waals surface area contributed by atoms with Crippen LogP contribution in [0.2, 0.25) is 0 Å². The Morgan fingerprint density at radius 1 is 1.29 bits per heavy atom. The maximum atomic E-state index is 13.0. The van der Waals surface area contributed by atoms with Gasteiger partial charge in [-0.2, -0.15) is 0 Å². The number of nitrogens with one attached hydrogen (secondary N) is 2. The van der Waals surface area contributed by atoms with Gasteiger partial charge in [0, 0.05) is 21.8 Å². The van der Waals surface area contributed by atoms with Gasteiger partial charge in [-0.15, -0.1) is 23.7 Å². The van der Waals surface area contributed by atoms with Crippen LogP contribution < -0.4 is 22.1 Å². The lowest BCUT2D eigenvalue weighted by atomic mass is 9.88. The van der Waals surface area contributed by atoms with Crippen LogP contribution in [0.3, 0.4) is 0 Å². The summed E-state index contributed by atoms with van der Waals surface area (Å²) in [6, 6.07) is 10.9. The van der Waals surface area contributed by atoms with Gasteiger partial charge in [-0.3, -0.25) is 14.9 Å². The number of fused-ring (bicyclic) bond motifs is 3. The van der Waals surface area contributed by atoms with Gasteiger partial charge in [0.25, 0.3) is 0 Å². The van der Waals surface area contributed by atoms with Gasteiger partial charge in [0.2, 0.25) is 11.8 Å². The molecule has 3 atom stereocenters. The summed E-state index contributed by atoms with van der Waals surface area (Å²) in [5.41, 5.74) is 14.1. The molecule has 31 heavy (non-hydrogen) atoms. The Balaban J connectivity index is 0.00000272. The summed E-state index contributed by atoms with van der Waals surface area (Å²) in [5, 5.41) is 7.44. The number of anilines is 1. The molecular formula is C22H26ClN5O2S. The molecule has 1 aliphatic rings. The number of aromatic nitrogens is 1. The molecule has 0 aliphatic carbocycles. The number of amides is 2. The van der Waals surface area contributed by atoms with Crippen molar-refractivity contribution < 1.29 is 9.59 Å². The van der Waals surface area contributed by atoms with Gasteiger partial charge >= 0.3 is 0 Å². The molecule has 3 aromatic rings. The molecule has 6 N–H and O–H groups in total. The summed E-state index contributed by atoms with van der Waals surface area (Å²) in [5.74, 6) is -0.437. The number of aryl methyl sites for hydroxylation is 1. The summed E-state index contributed by atoms with van der Waals surface area (Å²) >= 11 is 1.67. The molecule has 0 saturated heterocycles. The zero-order valence-corrected chi connectivity index (χ0v) is 19.0. The Kier molecular flexibility index (Phi) is 6.83. The molecule has 0 fully saturated rings. The number of carbonyl (C=O) groups is 2. The fraction of sp³-hybridized carbons (Fsp3) is 0.318. The second-order valence-corrected chi connectivity index (χ2v) is 8.82. The molecule has 0 bridgehead atoms. The number of halogens is 1. The zero-order chi connectivity index (χ0) is 21.4. The third-order valence-electron chi connectivity index (χ3n) is 5.73. The lowest BCUT2D eigenvalue weighted by Gasteiger charge is -2.33.